The van der Waals surface area contributed by atoms with Gasteiger partial charge in [0.15, 0.2) is 0 Å². The minimum absolute atomic E-state index is 0.0348. The summed E-state index contributed by atoms with van der Waals surface area (Å²) in [6.07, 6.45) is 5.66. The predicted molar refractivity (Wildman–Crippen MR) is 80.7 cm³/mol. The number of carbonyl (C=O) groups excluding carboxylic acids is 1. The molecular weight excluding hydrogens is 322 g/mol. The topological polar surface area (TPSA) is 64.0 Å². The Hall–Kier alpha value is -1.17. The van der Waals surface area contributed by atoms with E-state index in [4.69, 9.17) is 0 Å². The van der Waals surface area contributed by atoms with Crippen molar-refractivity contribution in [2.75, 3.05) is 0 Å². The number of hydrogen-bond donors (Lipinski definition) is 1. The lowest BCUT2D eigenvalue weighted by molar-refractivity contribution is -0.122. The molecule has 0 unspecified atom stereocenters. The van der Waals surface area contributed by atoms with E-state index in [1.54, 1.807) is 6.92 Å². The number of halogens is 1. The lowest BCUT2D eigenvalue weighted by Gasteiger charge is -2.23. The number of amides is 1. The zero-order chi connectivity index (χ0) is 14.7. The standard InChI is InChI=1S/C14H20BrN3O2/c1-9-13(15)10(2)18(14(20)16-9)8-12(19)17-11-6-4-3-5-7-11/h11H,3-8H2,1-2H3,(H,17,19). The summed E-state index contributed by atoms with van der Waals surface area (Å²) in [6, 6.07) is 0.258. The summed E-state index contributed by atoms with van der Waals surface area (Å²) in [5, 5.41) is 3.01. The third-order valence-corrected chi connectivity index (χ3v) is 4.95. The van der Waals surface area contributed by atoms with Crippen molar-refractivity contribution in [3.63, 3.8) is 0 Å². The molecule has 0 atom stereocenters. The van der Waals surface area contributed by atoms with Crippen LogP contribution in [0.4, 0.5) is 0 Å². The van der Waals surface area contributed by atoms with Gasteiger partial charge in [-0.05, 0) is 42.6 Å². The van der Waals surface area contributed by atoms with Gasteiger partial charge >= 0.3 is 5.69 Å². The van der Waals surface area contributed by atoms with E-state index in [2.05, 4.69) is 26.2 Å². The lowest BCUT2D eigenvalue weighted by atomic mass is 9.95. The van der Waals surface area contributed by atoms with Crippen LogP contribution >= 0.6 is 15.9 Å². The molecule has 110 valence electrons. The molecule has 1 aliphatic rings. The molecule has 2 rings (SSSR count). The fourth-order valence-corrected chi connectivity index (χ4v) is 2.93. The predicted octanol–water partition coefficient (Wildman–Crippen LogP) is 2.07. The minimum Gasteiger partial charge on any atom is -0.352 e. The van der Waals surface area contributed by atoms with Crippen molar-refractivity contribution in [1.29, 1.82) is 0 Å². The fraction of sp³-hybridized carbons (Fsp3) is 0.643. The molecule has 0 aliphatic heterocycles. The summed E-state index contributed by atoms with van der Waals surface area (Å²) in [4.78, 5) is 27.9. The van der Waals surface area contributed by atoms with Gasteiger partial charge in [0.25, 0.3) is 0 Å². The van der Waals surface area contributed by atoms with Crippen molar-refractivity contribution < 1.29 is 4.79 Å². The van der Waals surface area contributed by atoms with E-state index < -0.39 is 0 Å². The molecule has 5 nitrogen and oxygen atoms in total. The molecule has 20 heavy (non-hydrogen) atoms. The van der Waals surface area contributed by atoms with Gasteiger partial charge in [-0.1, -0.05) is 19.3 Å². The highest BCUT2D eigenvalue weighted by molar-refractivity contribution is 9.10. The van der Waals surface area contributed by atoms with E-state index in [9.17, 15) is 9.59 Å². The highest BCUT2D eigenvalue weighted by atomic mass is 79.9. The van der Waals surface area contributed by atoms with Crippen molar-refractivity contribution in [2.45, 2.75) is 58.5 Å². The molecule has 1 aromatic heterocycles. The Morgan fingerprint density at radius 3 is 2.65 bits per heavy atom. The largest absolute Gasteiger partial charge is 0.352 e. The van der Waals surface area contributed by atoms with E-state index in [1.807, 2.05) is 6.92 Å². The Bertz CT molecular complexity index is 562. The van der Waals surface area contributed by atoms with Crippen LogP contribution in [0.5, 0.6) is 0 Å². The first kappa shape index (κ1) is 15.2. The molecule has 1 aliphatic carbocycles. The summed E-state index contributed by atoms with van der Waals surface area (Å²) in [7, 11) is 0. The molecule has 0 radical (unpaired) electrons. The minimum atomic E-state index is -0.373. The summed E-state index contributed by atoms with van der Waals surface area (Å²) in [5.74, 6) is -0.111. The molecular formula is C14H20BrN3O2. The second-order valence-electron chi connectivity index (χ2n) is 5.37. The van der Waals surface area contributed by atoms with Crippen molar-refractivity contribution in [3.05, 3.63) is 26.3 Å². The third kappa shape index (κ3) is 3.48. The second kappa shape index (κ2) is 6.52. The average Bonchev–Trinajstić information content (AvgIpc) is 2.42. The molecule has 1 amide bonds. The zero-order valence-electron chi connectivity index (χ0n) is 11.9. The first-order valence-electron chi connectivity index (χ1n) is 7.02. The van der Waals surface area contributed by atoms with Gasteiger partial charge in [0, 0.05) is 11.7 Å². The first-order chi connectivity index (χ1) is 9.49. The van der Waals surface area contributed by atoms with Gasteiger partial charge in [-0.15, -0.1) is 0 Å². The van der Waals surface area contributed by atoms with Gasteiger partial charge < -0.3 is 5.32 Å². The molecule has 1 heterocycles. The summed E-state index contributed by atoms with van der Waals surface area (Å²) < 4.78 is 2.19. The van der Waals surface area contributed by atoms with Crippen molar-refractivity contribution >= 4 is 21.8 Å². The van der Waals surface area contributed by atoms with Crippen LogP contribution in [0.2, 0.25) is 0 Å². The summed E-state index contributed by atoms with van der Waals surface area (Å²) >= 11 is 3.40. The van der Waals surface area contributed by atoms with Gasteiger partial charge in [-0.2, -0.15) is 4.98 Å². The van der Waals surface area contributed by atoms with E-state index >= 15 is 0 Å². The SMILES string of the molecule is Cc1nc(=O)n(CC(=O)NC2CCCCC2)c(C)c1Br. The zero-order valence-corrected chi connectivity index (χ0v) is 13.5. The summed E-state index contributed by atoms with van der Waals surface area (Å²) in [6.45, 7) is 3.62. The molecule has 0 aromatic carbocycles. The molecule has 1 fully saturated rings. The maximum atomic E-state index is 12.1. The van der Waals surface area contributed by atoms with Crippen LogP contribution in [-0.2, 0) is 11.3 Å². The lowest BCUT2D eigenvalue weighted by Crippen LogP contribution is -2.40. The number of carbonyl (C=O) groups is 1. The van der Waals surface area contributed by atoms with Crippen LogP contribution in [0.25, 0.3) is 0 Å². The monoisotopic (exact) mass is 341 g/mol. The Morgan fingerprint density at radius 2 is 2.00 bits per heavy atom. The van der Waals surface area contributed by atoms with Crippen molar-refractivity contribution in [2.24, 2.45) is 0 Å². The first-order valence-corrected chi connectivity index (χ1v) is 7.81. The van der Waals surface area contributed by atoms with Crippen molar-refractivity contribution in [3.8, 4) is 0 Å². The van der Waals surface area contributed by atoms with Crippen LogP contribution in [0.1, 0.15) is 43.5 Å². The van der Waals surface area contributed by atoms with Gasteiger partial charge in [0.05, 0.1) is 10.2 Å². The molecule has 0 bridgehead atoms. The van der Waals surface area contributed by atoms with E-state index in [-0.39, 0.29) is 24.2 Å². The van der Waals surface area contributed by atoms with Crippen LogP contribution in [0.15, 0.2) is 9.27 Å². The molecule has 1 N–H and O–H groups in total. The van der Waals surface area contributed by atoms with Crippen LogP contribution in [-0.4, -0.2) is 21.5 Å². The molecule has 0 saturated heterocycles. The quantitative estimate of drug-likeness (QED) is 0.915. The normalized spacial score (nSPS) is 16.1. The highest BCUT2D eigenvalue weighted by Crippen LogP contribution is 2.18. The van der Waals surface area contributed by atoms with Crippen LogP contribution < -0.4 is 11.0 Å². The highest BCUT2D eigenvalue weighted by Gasteiger charge is 2.17. The second-order valence-corrected chi connectivity index (χ2v) is 6.16. The van der Waals surface area contributed by atoms with Gasteiger partial charge in [-0.25, -0.2) is 4.79 Å². The maximum absolute atomic E-state index is 12.1. The van der Waals surface area contributed by atoms with Crippen LogP contribution in [0, 0.1) is 13.8 Å². The molecule has 1 aromatic rings. The van der Waals surface area contributed by atoms with E-state index in [0.717, 1.165) is 23.0 Å². The Labute approximate surface area is 126 Å². The Balaban J connectivity index is 2.08. The van der Waals surface area contributed by atoms with Gasteiger partial charge in [0.1, 0.15) is 6.54 Å². The average molecular weight is 342 g/mol. The Kier molecular flexibility index (Phi) is 4.96. The Morgan fingerprint density at radius 1 is 1.35 bits per heavy atom. The van der Waals surface area contributed by atoms with Gasteiger partial charge in [0.2, 0.25) is 5.91 Å². The van der Waals surface area contributed by atoms with Crippen molar-refractivity contribution in [1.82, 2.24) is 14.9 Å². The smallest absolute Gasteiger partial charge is 0.348 e. The fourth-order valence-electron chi connectivity index (χ4n) is 2.63. The molecule has 1 saturated carbocycles. The van der Waals surface area contributed by atoms with Gasteiger partial charge in [-0.3, -0.25) is 9.36 Å². The number of nitrogens with one attached hydrogen (secondary N) is 1. The number of rotatable bonds is 3. The summed E-state index contributed by atoms with van der Waals surface area (Å²) in [5.41, 5.74) is 1.01. The third-order valence-electron chi connectivity index (χ3n) is 3.81. The van der Waals surface area contributed by atoms with Crippen LogP contribution in [0.3, 0.4) is 0 Å². The van der Waals surface area contributed by atoms with E-state index in [0.29, 0.717) is 5.69 Å². The number of aryl methyl sites for hydroxylation is 1. The number of aromatic nitrogens is 2. The number of hydrogen-bond acceptors (Lipinski definition) is 3. The van der Waals surface area contributed by atoms with E-state index in [1.165, 1.54) is 23.8 Å². The maximum Gasteiger partial charge on any atom is 0.348 e. The molecule has 6 heteroatoms. The number of nitrogens with zero attached hydrogens (tertiary/aromatic N) is 2. The molecule has 0 spiro atoms.